The Morgan fingerprint density at radius 2 is 2.00 bits per heavy atom. The Hall–Kier alpha value is -2.34. The number of aromatic nitrogens is 2. The maximum Gasteiger partial charge on any atom is 0.517 e. The predicted molar refractivity (Wildman–Crippen MR) is 75.4 cm³/mol. The van der Waals surface area contributed by atoms with Crippen molar-refractivity contribution < 1.29 is 31.5 Å². The monoisotopic (exact) mass is 364 g/mol. The molecule has 2 aromatic rings. The molecule has 2 N–H and O–H groups in total. The molecule has 0 bridgehead atoms. The Bertz CT molecular complexity index is 922. The number of nitrogens with one attached hydrogen (secondary N) is 1. The lowest BCUT2D eigenvalue weighted by molar-refractivity contribution is -0.0445. The van der Waals surface area contributed by atoms with Crippen LogP contribution in [0, 0.1) is 0 Å². The molecule has 1 aliphatic rings. The number of carboxylic acid groups (broad SMARTS) is 1. The second-order valence-electron chi connectivity index (χ2n) is 5.12. The fourth-order valence-corrected chi connectivity index (χ4v) is 3.28. The summed E-state index contributed by atoms with van der Waals surface area (Å²) in [6, 6.07) is 2.75. The van der Waals surface area contributed by atoms with Gasteiger partial charge >= 0.3 is 21.6 Å². The van der Waals surface area contributed by atoms with E-state index >= 15 is 0 Å². The molecular formula is C12H11F3N4O4S. The topological polar surface area (TPSA) is 105 Å². The average Bonchev–Trinajstić information content (AvgIpc) is 2.76. The first-order valence-electron chi connectivity index (χ1n) is 6.66. The minimum atomic E-state index is -5.59. The van der Waals surface area contributed by atoms with Crippen molar-refractivity contribution in [2.45, 2.75) is 18.5 Å². The minimum Gasteiger partial charge on any atom is -0.464 e. The molecule has 0 saturated heterocycles. The van der Waals surface area contributed by atoms with Crippen molar-refractivity contribution in [3.8, 4) is 0 Å². The number of hydrogen-bond acceptors (Lipinski definition) is 5. The van der Waals surface area contributed by atoms with Crippen molar-refractivity contribution in [2.75, 3.05) is 6.54 Å². The number of carbonyl (C=O) groups is 1. The number of alkyl halides is 3. The Kier molecular flexibility index (Phi) is 3.68. The second-order valence-corrected chi connectivity index (χ2v) is 6.93. The van der Waals surface area contributed by atoms with Crippen LogP contribution in [-0.2, 0) is 23.0 Å². The summed E-state index contributed by atoms with van der Waals surface area (Å²) in [7, 11) is -5.59. The van der Waals surface area contributed by atoms with E-state index in [9.17, 15) is 26.4 Å². The summed E-state index contributed by atoms with van der Waals surface area (Å²) in [6.45, 7) is 0.213. The van der Waals surface area contributed by atoms with Crippen LogP contribution >= 0.6 is 0 Å². The van der Waals surface area contributed by atoms with E-state index < -0.39 is 21.6 Å². The van der Waals surface area contributed by atoms with Crippen molar-refractivity contribution in [3.05, 3.63) is 29.6 Å². The van der Waals surface area contributed by atoms with E-state index in [0.717, 1.165) is 5.01 Å². The fourth-order valence-electron chi connectivity index (χ4n) is 2.48. The van der Waals surface area contributed by atoms with Crippen LogP contribution in [0.3, 0.4) is 0 Å². The van der Waals surface area contributed by atoms with Gasteiger partial charge in [-0.3, -0.25) is 0 Å². The zero-order valence-corrected chi connectivity index (χ0v) is 12.7. The first-order valence-corrected chi connectivity index (χ1v) is 8.10. The van der Waals surface area contributed by atoms with Crippen LogP contribution < -0.4 is 5.43 Å². The number of amides is 1. The lowest BCUT2D eigenvalue weighted by Crippen LogP contribution is -2.41. The van der Waals surface area contributed by atoms with E-state index in [0.29, 0.717) is 17.5 Å². The van der Waals surface area contributed by atoms with Gasteiger partial charge in [-0.15, -0.1) is 0 Å². The number of rotatable bonds is 1. The van der Waals surface area contributed by atoms with Crippen molar-refractivity contribution in [1.82, 2.24) is 19.4 Å². The molecular weight excluding hydrogens is 353 g/mol. The summed E-state index contributed by atoms with van der Waals surface area (Å²) in [5.41, 5.74) is -1.71. The first kappa shape index (κ1) is 16.5. The molecule has 8 nitrogen and oxygen atoms in total. The van der Waals surface area contributed by atoms with Gasteiger partial charge in [-0.25, -0.2) is 24.2 Å². The van der Waals surface area contributed by atoms with E-state index in [2.05, 4.69) is 10.4 Å². The Morgan fingerprint density at radius 1 is 1.29 bits per heavy atom. The maximum atomic E-state index is 12.8. The standard InChI is InChI=1S/C12H11F3N4O4S/c13-12(14,15)24(22,23)19-6-16-9-3-8-5-17-18(11(20)21)2-1-7(8)4-10(9)19/h3-4,6,17H,1-2,5H2,(H,20,21). The van der Waals surface area contributed by atoms with Gasteiger partial charge in [-0.1, -0.05) is 0 Å². The molecule has 1 amide bonds. The largest absolute Gasteiger partial charge is 0.517 e. The lowest BCUT2D eigenvalue weighted by Gasteiger charge is -2.16. The van der Waals surface area contributed by atoms with Crippen LogP contribution in [0.2, 0.25) is 0 Å². The highest BCUT2D eigenvalue weighted by Gasteiger charge is 2.48. The first-order chi connectivity index (χ1) is 11.1. The van der Waals surface area contributed by atoms with Crippen LogP contribution in [0.25, 0.3) is 11.0 Å². The molecule has 0 aliphatic carbocycles. The molecule has 3 rings (SSSR count). The fraction of sp³-hybridized carbons (Fsp3) is 0.333. The Morgan fingerprint density at radius 3 is 2.62 bits per heavy atom. The highest BCUT2D eigenvalue weighted by atomic mass is 32.2. The third kappa shape index (κ3) is 2.57. The predicted octanol–water partition coefficient (Wildman–Crippen LogP) is 1.27. The van der Waals surface area contributed by atoms with Gasteiger partial charge in [-0.05, 0) is 29.7 Å². The SMILES string of the molecule is O=C(O)N1CCc2cc3c(cc2CN1)ncn3S(=O)(=O)C(F)(F)F. The zero-order valence-electron chi connectivity index (χ0n) is 11.9. The molecule has 0 saturated carbocycles. The van der Waals surface area contributed by atoms with Gasteiger partial charge < -0.3 is 5.11 Å². The maximum absolute atomic E-state index is 12.8. The molecule has 0 spiro atoms. The smallest absolute Gasteiger partial charge is 0.464 e. The number of halogens is 3. The van der Waals surface area contributed by atoms with Crippen LogP contribution in [0.4, 0.5) is 18.0 Å². The number of benzene rings is 1. The molecule has 0 radical (unpaired) electrons. The van der Waals surface area contributed by atoms with E-state index in [1.807, 2.05) is 0 Å². The van der Waals surface area contributed by atoms with Crippen LogP contribution in [-0.4, -0.2) is 45.6 Å². The summed E-state index contributed by atoms with van der Waals surface area (Å²) in [5.74, 6) is 0. The quantitative estimate of drug-likeness (QED) is 0.790. The average molecular weight is 364 g/mol. The van der Waals surface area contributed by atoms with Gasteiger partial charge in [-0.2, -0.15) is 21.6 Å². The number of hydrogen-bond donors (Lipinski definition) is 2. The number of nitrogens with zero attached hydrogens (tertiary/aromatic N) is 3. The summed E-state index contributed by atoms with van der Waals surface area (Å²) in [4.78, 5) is 14.7. The zero-order chi connectivity index (χ0) is 17.7. The molecule has 24 heavy (non-hydrogen) atoms. The molecule has 1 aromatic heterocycles. The van der Waals surface area contributed by atoms with Gasteiger partial charge in [0.25, 0.3) is 0 Å². The third-order valence-corrected chi connectivity index (χ3v) is 5.08. The van der Waals surface area contributed by atoms with Crippen LogP contribution in [0.15, 0.2) is 18.5 Å². The second kappa shape index (κ2) is 5.34. The highest BCUT2D eigenvalue weighted by Crippen LogP contribution is 2.29. The molecule has 1 aromatic carbocycles. The molecule has 0 unspecified atom stereocenters. The van der Waals surface area contributed by atoms with E-state index in [1.54, 1.807) is 0 Å². The minimum absolute atomic E-state index is 0.0761. The summed E-state index contributed by atoms with van der Waals surface area (Å²) >= 11 is 0. The molecule has 2 heterocycles. The van der Waals surface area contributed by atoms with E-state index in [-0.39, 0.29) is 34.5 Å². The number of imidazole rings is 1. The van der Waals surface area contributed by atoms with Crippen LogP contribution in [0.5, 0.6) is 0 Å². The van der Waals surface area contributed by atoms with Gasteiger partial charge in [0, 0.05) is 13.1 Å². The van der Waals surface area contributed by atoms with Gasteiger partial charge in [0.2, 0.25) is 0 Å². The van der Waals surface area contributed by atoms with E-state index in [4.69, 9.17) is 5.11 Å². The van der Waals surface area contributed by atoms with Crippen molar-refractivity contribution in [2.24, 2.45) is 0 Å². The molecule has 12 heteroatoms. The molecule has 1 aliphatic heterocycles. The highest BCUT2D eigenvalue weighted by molar-refractivity contribution is 7.90. The summed E-state index contributed by atoms with van der Waals surface area (Å²) in [5, 5.41) is 9.93. The summed E-state index contributed by atoms with van der Waals surface area (Å²) < 4.78 is 61.6. The third-order valence-electron chi connectivity index (χ3n) is 3.68. The van der Waals surface area contributed by atoms with Crippen molar-refractivity contribution in [1.29, 1.82) is 0 Å². The normalized spacial score (nSPS) is 16.0. The van der Waals surface area contributed by atoms with E-state index in [1.165, 1.54) is 12.1 Å². The van der Waals surface area contributed by atoms with Gasteiger partial charge in [0.05, 0.1) is 11.0 Å². The lowest BCUT2D eigenvalue weighted by atomic mass is 10.0. The number of hydrazine groups is 1. The van der Waals surface area contributed by atoms with Crippen molar-refractivity contribution in [3.63, 3.8) is 0 Å². The van der Waals surface area contributed by atoms with Gasteiger partial charge in [0.15, 0.2) is 0 Å². The Labute approximate surface area is 133 Å². The summed E-state index contributed by atoms with van der Waals surface area (Å²) in [6.07, 6.45) is -0.347. The molecule has 130 valence electrons. The number of fused-ring (bicyclic) bond motifs is 2. The molecule has 0 atom stereocenters. The van der Waals surface area contributed by atoms with Crippen molar-refractivity contribution >= 4 is 27.1 Å². The Balaban J connectivity index is 2.09. The molecule has 0 fully saturated rings. The van der Waals surface area contributed by atoms with Gasteiger partial charge in [0.1, 0.15) is 6.33 Å². The van der Waals surface area contributed by atoms with Crippen LogP contribution in [0.1, 0.15) is 11.1 Å².